The number of likely N-dealkylation sites (tertiary alicyclic amines) is 1. The second kappa shape index (κ2) is 5.13. The van der Waals surface area contributed by atoms with Crippen molar-refractivity contribution in [2.75, 3.05) is 27.8 Å². The zero-order chi connectivity index (χ0) is 18.2. The van der Waals surface area contributed by atoms with E-state index in [1.807, 2.05) is 6.07 Å². The van der Waals surface area contributed by atoms with E-state index in [1.54, 1.807) is 21.1 Å². The molecule has 0 amide bonds. The predicted molar refractivity (Wildman–Crippen MR) is 96.6 cm³/mol. The molecule has 0 N–H and O–H groups in total. The van der Waals surface area contributed by atoms with E-state index in [4.69, 9.17) is 14.2 Å². The lowest BCUT2D eigenvalue weighted by Gasteiger charge is -2.53. The number of allylic oxidation sites excluding steroid dienone is 2. The molecule has 2 aliphatic heterocycles. The van der Waals surface area contributed by atoms with E-state index in [1.165, 1.54) is 16.7 Å². The molecule has 26 heavy (non-hydrogen) atoms. The van der Waals surface area contributed by atoms with Gasteiger partial charge in [0.05, 0.1) is 25.2 Å². The van der Waals surface area contributed by atoms with Crippen molar-refractivity contribution in [3.63, 3.8) is 0 Å². The lowest BCUT2D eigenvalue weighted by molar-refractivity contribution is -0.113. The highest BCUT2D eigenvalue weighted by molar-refractivity contribution is 5.98. The average Bonchev–Trinajstić information content (AvgIpc) is 2.98. The van der Waals surface area contributed by atoms with Crippen molar-refractivity contribution in [2.24, 2.45) is 0 Å². The van der Waals surface area contributed by atoms with Crippen LogP contribution in [0.25, 0.3) is 0 Å². The number of Topliss-reactive ketones (excluding diaryl/α,β-unsaturated/α-hetero) is 1. The van der Waals surface area contributed by atoms with Gasteiger partial charge in [0.1, 0.15) is 5.76 Å². The van der Waals surface area contributed by atoms with Crippen LogP contribution < -0.4 is 9.47 Å². The van der Waals surface area contributed by atoms with Gasteiger partial charge in [0.25, 0.3) is 0 Å². The Hall–Kier alpha value is -2.27. The van der Waals surface area contributed by atoms with Gasteiger partial charge in [0, 0.05) is 11.6 Å². The predicted octanol–water partition coefficient (Wildman–Crippen LogP) is 2.38. The van der Waals surface area contributed by atoms with Gasteiger partial charge in [-0.3, -0.25) is 9.69 Å². The molecule has 2 heterocycles. The third-order valence-corrected chi connectivity index (χ3v) is 6.64. The molecule has 5 rings (SSSR count). The maximum Gasteiger partial charge on any atom is 0.170 e. The van der Waals surface area contributed by atoms with Crippen molar-refractivity contribution in [1.29, 1.82) is 0 Å². The second-order valence-corrected chi connectivity index (χ2v) is 7.69. The second-order valence-electron chi connectivity index (χ2n) is 7.69. The largest absolute Gasteiger partial charge is 0.496 e. The SMILES string of the molecule is COC1=C(C(C)=O)C=C2[C@H]3Cc4ccc(OC)c5c4[C@@]2(CCN3C)[C@H]1O5. The molecular formula is C21H23NO4. The lowest BCUT2D eigenvalue weighted by atomic mass is 9.56. The molecule has 0 unspecified atom stereocenters. The quantitative estimate of drug-likeness (QED) is 0.835. The Morgan fingerprint density at radius 1 is 1.31 bits per heavy atom. The Morgan fingerprint density at radius 3 is 2.81 bits per heavy atom. The highest BCUT2D eigenvalue weighted by atomic mass is 16.6. The van der Waals surface area contributed by atoms with E-state index < -0.39 is 0 Å². The maximum atomic E-state index is 12.4. The smallest absolute Gasteiger partial charge is 0.170 e. The monoisotopic (exact) mass is 353 g/mol. The first kappa shape index (κ1) is 15.9. The van der Waals surface area contributed by atoms with E-state index in [-0.39, 0.29) is 23.3 Å². The third kappa shape index (κ3) is 1.67. The fourth-order valence-electron chi connectivity index (χ4n) is 5.47. The van der Waals surface area contributed by atoms with Gasteiger partial charge in [0.2, 0.25) is 0 Å². The van der Waals surface area contributed by atoms with Gasteiger partial charge < -0.3 is 14.2 Å². The summed E-state index contributed by atoms with van der Waals surface area (Å²) >= 11 is 0. The Bertz CT molecular complexity index is 900. The van der Waals surface area contributed by atoms with E-state index >= 15 is 0 Å². The fourth-order valence-corrected chi connectivity index (χ4v) is 5.47. The number of benzene rings is 1. The number of methoxy groups -OCH3 is 2. The molecule has 0 radical (unpaired) electrons. The van der Waals surface area contributed by atoms with Crippen molar-refractivity contribution in [3.05, 3.63) is 46.2 Å². The summed E-state index contributed by atoms with van der Waals surface area (Å²) in [5, 5.41) is 0. The van der Waals surface area contributed by atoms with Crippen molar-refractivity contribution >= 4 is 5.78 Å². The molecule has 2 bridgehead atoms. The number of likely N-dealkylation sites (N-methyl/N-ethyl adjacent to an activating group) is 1. The van der Waals surface area contributed by atoms with Gasteiger partial charge >= 0.3 is 0 Å². The van der Waals surface area contributed by atoms with Crippen LogP contribution in [0.5, 0.6) is 11.5 Å². The molecule has 1 aromatic rings. The van der Waals surface area contributed by atoms with Gasteiger partial charge in [-0.15, -0.1) is 0 Å². The number of hydrogen-bond acceptors (Lipinski definition) is 5. The van der Waals surface area contributed by atoms with Crippen LogP contribution in [0.15, 0.2) is 35.1 Å². The van der Waals surface area contributed by atoms with Gasteiger partial charge in [-0.2, -0.15) is 0 Å². The van der Waals surface area contributed by atoms with Gasteiger partial charge in [0.15, 0.2) is 23.4 Å². The lowest BCUT2D eigenvalue weighted by Crippen LogP contribution is -2.59. The molecule has 0 aromatic heterocycles. The van der Waals surface area contributed by atoms with E-state index in [9.17, 15) is 4.79 Å². The van der Waals surface area contributed by atoms with Gasteiger partial charge in [-0.25, -0.2) is 0 Å². The molecular weight excluding hydrogens is 330 g/mol. The Balaban J connectivity index is 1.86. The number of rotatable bonds is 3. The summed E-state index contributed by atoms with van der Waals surface area (Å²) in [4.78, 5) is 14.7. The summed E-state index contributed by atoms with van der Waals surface area (Å²) < 4.78 is 17.8. The van der Waals surface area contributed by atoms with Crippen molar-refractivity contribution in [1.82, 2.24) is 4.90 Å². The molecule has 4 aliphatic rings. The van der Waals surface area contributed by atoms with Crippen molar-refractivity contribution in [2.45, 2.75) is 37.3 Å². The van der Waals surface area contributed by atoms with Crippen LogP contribution >= 0.6 is 0 Å². The molecule has 1 aromatic carbocycles. The summed E-state index contributed by atoms with van der Waals surface area (Å²) in [6.45, 7) is 2.59. The first-order chi connectivity index (χ1) is 12.5. The molecule has 1 saturated heterocycles. The zero-order valence-corrected chi connectivity index (χ0v) is 15.6. The number of carbonyl (C=O) groups is 1. The maximum absolute atomic E-state index is 12.4. The van der Waals surface area contributed by atoms with Crippen molar-refractivity contribution in [3.8, 4) is 11.5 Å². The highest BCUT2D eigenvalue weighted by Gasteiger charge is 2.63. The Labute approximate surface area is 153 Å². The fraction of sp³-hybridized carbons (Fsp3) is 0.476. The number of carbonyl (C=O) groups excluding carboxylic acids is 1. The molecule has 5 heteroatoms. The number of hydrogen-bond donors (Lipinski definition) is 0. The molecule has 1 spiro atoms. The number of ketones is 1. The summed E-state index contributed by atoms with van der Waals surface area (Å²) in [5.74, 6) is 2.24. The Morgan fingerprint density at radius 2 is 2.12 bits per heavy atom. The molecule has 1 fully saturated rings. The normalized spacial score (nSPS) is 31.2. The molecule has 136 valence electrons. The molecule has 3 atom stereocenters. The van der Waals surface area contributed by atoms with Crippen molar-refractivity contribution < 1.29 is 19.0 Å². The van der Waals surface area contributed by atoms with Crippen LogP contribution in [0, 0.1) is 0 Å². The van der Waals surface area contributed by atoms with Gasteiger partial charge in [-0.1, -0.05) is 6.07 Å². The van der Waals surface area contributed by atoms with Crippen LogP contribution in [0.3, 0.4) is 0 Å². The minimum atomic E-state index is -0.298. The summed E-state index contributed by atoms with van der Waals surface area (Å²) in [5.41, 5.74) is 4.24. The first-order valence-electron chi connectivity index (χ1n) is 9.11. The van der Waals surface area contributed by atoms with Crippen LogP contribution in [0.2, 0.25) is 0 Å². The first-order valence-corrected chi connectivity index (χ1v) is 9.11. The highest BCUT2D eigenvalue weighted by Crippen LogP contribution is 2.63. The minimum Gasteiger partial charge on any atom is -0.496 e. The summed E-state index contributed by atoms with van der Waals surface area (Å²) in [6, 6.07) is 4.45. The average molecular weight is 353 g/mol. The van der Waals surface area contributed by atoms with Crippen LogP contribution in [-0.2, 0) is 21.4 Å². The summed E-state index contributed by atoms with van der Waals surface area (Å²) in [6.07, 6.45) is 3.66. The molecule has 0 saturated carbocycles. The van der Waals surface area contributed by atoms with E-state index in [2.05, 4.69) is 24.1 Å². The number of piperidine rings is 1. The van der Waals surface area contributed by atoms with Crippen LogP contribution in [0.4, 0.5) is 0 Å². The molecule has 5 nitrogen and oxygen atoms in total. The number of nitrogens with zero attached hydrogens (tertiary/aromatic N) is 1. The summed E-state index contributed by atoms with van der Waals surface area (Å²) in [7, 11) is 5.47. The van der Waals surface area contributed by atoms with Crippen LogP contribution in [0.1, 0.15) is 24.5 Å². The number of ether oxygens (including phenoxy) is 3. The van der Waals surface area contributed by atoms with E-state index in [0.717, 1.165) is 30.9 Å². The zero-order valence-electron chi connectivity index (χ0n) is 15.6. The topological polar surface area (TPSA) is 48.0 Å². The molecule has 2 aliphatic carbocycles. The van der Waals surface area contributed by atoms with E-state index in [0.29, 0.717) is 11.3 Å². The van der Waals surface area contributed by atoms with Gasteiger partial charge in [-0.05, 0) is 56.6 Å². The minimum absolute atomic E-state index is 0.0160. The van der Waals surface area contributed by atoms with Crippen LogP contribution in [-0.4, -0.2) is 50.6 Å². The third-order valence-electron chi connectivity index (χ3n) is 6.64. The standard InChI is InChI=1S/C21H23NO4/c1-11(23)13-10-14-15-9-12-5-6-16(24-3)19-17(12)21(14,7-8-22(15)2)20(26-19)18(13)25-4/h5-6,10,15,20H,7-9H2,1-4H3/t15-,20+,21+/m1/s1. The Kier molecular flexibility index (Phi) is 3.15.